The van der Waals surface area contributed by atoms with Gasteiger partial charge in [-0.3, -0.25) is 9.69 Å². The van der Waals surface area contributed by atoms with Gasteiger partial charge in [0.15, 0.2) is 0 Å². The monoisotopic (exact) mass is 439 g/mol. The van der Waals surface area contributed by atoms with E-state index in [4.69, 9.17) is 10.5 Å². The second kappa shape index (κ2) is 11.9. The van der Waals surface area contributed by atoms with Crippen LogP contribution in [-0.4, -0.2) is 37.6 Å². The first-order valence-electron chi connectivity index (χ1n) is 9.55. The summed E-state index contributed by atoms with van der Waals surface area (Å²) < 4.78 is 5.21. The van der Waals surface area contributed by atoms with Crippen LogP contribution in [0.1, 0.15) is 34.3 Å². The molecule has 2 aromatic carbocycles. The van der Waals surface area contributed by atoms with Gasteiger partial charge in [0.25, 0.3) is 5.91 Å². The minimum Gasteiger partial charge on any atom is -0.497 e. The summed E-state index contributed by atoms with van der Waals surface area (Å²) in [4.78, 5) is 14.9. The van der Waals surface area contributed by atoms with Gasteiger partial charge in [-0.15, -0.1) is 24.8 Å². The fourth-order valence-electron chi connectivity index (χ4n) is 3.55. The Bertz CT molecular complexity index is 776. The maximum absolute atomic E-state index is 12.4. The van der Waals surface area contributed by atoms with E-state index >= 15 is 0 Å². The van der Waals surface area contributed by atoms with Crippen molar-refractivity contribution in [2.75, 3.05) is 32.5 Å². The summed E-state index contributed by atoms with van der Waals surface area (Å²) in [5.74, 6) is 1.39. The number of hydrogen-bond acceptors (Lipinski definition) is 4. The van der Waals surface area contributed by atoms with Gasteiger partial charge in [0, 0.05) is 24.3 Å². The number of carbonyl (C=O) groups excluding carboxylic acids is 1. The van der Waals surface area contributed by atoms with Gasteiger partial charge in [-0.25, -0.2) is 0 Å². The van der Waals surface area contributed by atoms with Crippen LogP contribution in [-0.2, 0) is 6.54 Å². The number of methoxy groups -OCH3 is 1. The number of nitrogens with zero attached hydrogens (tertiary/aromatic N) is 1. The van der Waals surface area contributed by atoms with Crippen LogP contribution < -0.4 is 15.8 Å². The Morgan fingerprint density at radius 3 is 2.41 bits per heavy atom. The number of rotatable bonds is 6. The third-order valence-corrected chi connectivity index (χ3v) is 5.33. The van der Waals surface area contributed by atoms with Gasteiger partial charge in [-0.05, 0) is 74.2 Å². The second-order valence-corrected chi connectivity index (χ2v) is 7.35. The molecule has 0 aliphatic carbocycles. The maximum atomic E-state index is 12.4. The molecular formula is C22H31Cl2N3O2. The standard InChI is InChI=1S/C22H29N3O2.2ClH/c1-16-3-6-19(23)13-21(16)22(26)24-14-17-9-11-25(12-10-17)15-18-4-7-20(27-2)8-5-18;;/h3-8,13,17H,9-12,14-15,23H2,1-2H3,(H,24,26);2*1H. The number of nitrogen functional groups attached to an aromatic ring is 1. The molecule has 3 rings (SSSR count). The van der Waals surface area contributed by atoms with Crippen molar-refractivity contribution in [1.82, 2.24) is 10.2 Å². The summed E-state index contributed by atoms with van der Waals surface area (Å²) in [6, 6.07) is 13.7. The van der Waals surface area contributed by atoms with E-state index in [1.165, 1.54) is 5.56 Å². The number of anilines is 1. The molecular weight excluding hydrogens is 409 g/mol. The van der Waals surface area contributed by atoms with Crippen molar-refractivity contribution in [3.05, 3.63) is 59.2 Å². The largest absolute Gasteiger partial charge is 0.497 e. The van der Waals surface area contributed by atoms with Gasteiger partial charge in [-0.1, -0.05) is 18.2 Å². The molecule has 0 spiro atoms. The number of amides is 1. The first kappa shape index (κ1) is 25.1. The highest BCUT2D eigenvalue weighted by Gasteiger charge is 2.20. The Morgan fingerprint density at radius 1 is 1.14 bits per heavy atom. The van der Waals surface area contributed by atoms with Gasteiger partial charge >= 0.3 is 0 Å². The first-order chi connectivity index (χ1) is 13.0. The molecule has 1 aliphatic rings. The van der Waals surface area contributed by atoms with Crippen LogP contribution in [0, 0.1) is 12.8 Å². The Labute approximate surface area is 185 Å². The Hall–Kier alpha value is -1.95. The fourth-order valence-corrected chi connectivity index (χ4v) is 3.55. The number of likely N-dealkylation sites (tertiary alicyclic amines) is 1. The highest BCUT2D eigenvalue weighted by molar-refractivity contribution is 5.96. The van der Waals surface area contributed by atoms with Crippen molar-refractivity contribution in [2.45, 2.75) is 26.3 Å². The van der Waals surface area contributed by atoms with Crippen molar-refractivity contribution < 1.29 is 9.53 Å². The van der Waals surface area contributed by atoms with E-state index in [-0.39, 0.29) is 30.7 Å². The van der Waals surface area contributed by atoms with Crippen LogP contribution in [0.3, 0.4) is 0 Å². The summed E-state index contributed by atoms with van der Waals surface area (Å²) >= 11 is 0. The van der Waals surface area contributed by atoms with Crippen LogP contribution in [0.25, 0.3) is 0 Å². The minimum absolute atomic E-state index is 0. The quantitative estimate of drug-likeness (QED) is 0.665. The van der Waals surface area contributed by atoms with Crippen LogP contribution in [0.2, 0.25) is 0 Å². The summed E-state index contributed by atoms with van der Waals surface area (Å²) in [6.07, 6.45) is 2.21. The van der Waals surface area contributed by atoms with Crippen molar-refractivity contribution in [3.8, 4) is 5.75 Å². The van der Waals surface area contributed by atoms with E-state index in [1.807, 2.05) is 31.2 Å². The zero-order valence-corrected chi connectivity index (χ0v) is 18.7. The molecule has 1 heterocycles. The van der Waals surface area contributed by atoms with Gasteiger partial charge in [0.1, 0.15) is 5.75 Å². The molecule has 0 saturated carbocycles. The van der Waals surface area contributed by atoms with E-state index in [1.54, 1.807) is 13.2 Å². The van der Waals surface area contributed by atoms with Crippen LogP contribution >= 0.6 is 24.8 Å². The number of hydrogen-bond donors (Lipinski definition) is 2. The lowest BCUT2D eigenvalue weighted by atomic mass is 9.96. The highest BCUT2D eigenvalue weighted by Crippen LogP contribution is 2.20. The molecule has 0 bridgehead atoms. The molecule has 1 aliphatic heterocycles. The number of nitrogens with two attached hydrogens (primary N) is 1. The molecule has 5 nitrogen and oxygen atoms in total. The molecule has 1 fully saturated rings. The van der Waals surface area contributed by atoms with E-state index in [0.717, 1.165) is 50.3 Å². The minimum atomic E-state index is -0.0273. The molecule has 7 heteroatoms. The normalized spacial score (nSPS) is 14.4. The SMILES string of the molecule is COc1ccc(CN2CCC(CNC(=O)c3cc(N)ccc3C)CC2)cc1.Cl.Cl. The molecule has 2 aromatic rings. The van der Waals surface area contributed by atoms with Gasteiger partial charge in [0.05, 0.1) is 7.11 Å². The van der Waals surface area contributed by atoms with Crippen LogP contribution in [0.4, 0.5) is 5.69 Å². The molecule has 1 amide bonds. The van der Waals surface area contributed by atoms with Crippen molar-refractivity contribution in [3.63, 3.8) is 0 Å². The second-order valence-electron chi connectivity index (χ2n) is 7.35. The summed E-state index contributed by atoms with van der Waals surface area (Å²) in [5, 5.41) is 3.09. The molecule has 0 unspecified atom stereocenters. The summed E-state index contributed by atoms with van der Waals surface area (Å²) in [5.41, 5.74) is 9.36. The number of ether oxygens (including phenoxy) is 1. The summed E-state index contributed by atoms with van der Waals surface area (Å²) in [6.45, 7) is 5.74. The lowest BCUT2D eigenvalue weighted by Gasteiger charge is -2.32. The average molecular weight is 440 g/mol. The third-order valence-electron chi connectivity index (χ3n) is 5.33. The van der Waals surface area contributed by atoms with Crippen LogP contribution in [0.15, 0.2) is 42.5 Å². The highest BCUT2D eigenvalue weighted by atomic mass is 35.5. The number of aryl methyl sites for hydroxylation is 1. The molecule has 0 aromatic heterocycles. The predicted octanol–water partition coefficient (Wildman–Crippen LogP) is 4.07. The van der Waals surface area contributed by atoms with Crippen molar-refractivity contribution >= 4 is 36.4 Å². The Kier molecular flexibility index (Phi) is 10.3. The predicted molar refractivity (Wildman–Crippen MR) is 123 cm³/mol. The van der Waals surface area contributed by atoms with Gasteiger partial charge in [0.2, 0.25) is 0 Å². The first-order valence-corrected chi connectivity index (χ1v) is 9.55. The lowest BCUT2D eigenvalue weighted by molar-refractivity contribution is 0.0934. The van der Waals surface area contributed by atoms with Gasteiger partial charge in [-0.2, -0.15) is 0 Å². The fraction of sp³-hybridized carbons (Fsp3) is 0.409. The molecule has 160 valence electrons. The molecule has 29 heavy (non-hydrogen) atoms. The van der Waals surface area contributed by atoms with E-state index in [0.29, 0.717) is 17.2 Å². The third kappa shape index (κ3) is 7.11. The maximum Gasteiger partial charge on any atom is 0.251 e. The zero-order valence-electron chi connectivity index (χ0n) is 17.0. The molecule has 0 radical (unpaired) electrons. The van der Waals surface area contributed by atoms with Crippen molar-refractivity contribution in [1.29, 1.82) is 0 Å². The average Bonchev–Trinajstić information content (AvgIpc) is 2.69. The van der Waals surface area contributed by atoms with E-state index < -0.39 is 0 Å². The van der Waals surface area contributed by atoms with E-state index in [9.17, 15) is 4.79 Å². The Balaban J connectivity index is 0.00000210. The van der Waals surface area contributed by atoms with Crippen molar-refractivity contribution in [2.24, 2.45) is 5.92 Å². The molecule has 1 saturated heterocycles. The Morgan fingerprint density at radius 2 is 1.79 bits per heavy atom. The van der Waals surface area contributed by atoms with Gasteiger partial charge < -0.3 is 15.8 Å². The molecule has 3 N–H and O–H groups in total. The summed E-state index contributed by atoms with van der Waals surface area (Å²) in [7, 11) is 1.69. The number of carbonyl (C=O) groups is 1. The number of halogens is 2. The van der Waals surface area contributed by atoms with E-state index in [2.05, 4.69) is 22.3 Å². The zero-order chi connectivity index (χ0) is 19.2. The topological polar surface area (TPSA) is 67.6 Å². The van der Waals surface area contributed by atoms with Crippen LogP contribution in [0.5, 0.6) is 5.75 Å². The smallest absolute Gasteiger partial charge is 0.251 e. The number of nitrogens with one attached hydrogen (secondary N) is 1. The lowest BCUT2D eigenvalue weighted by Crippen LogP contribution is -2.38. The number of piperidine rings is 1. The molecule has 0 atom stereocenters. The number of benzene rings is 2.